The zero-order valence-corrected chi connectivity index (χ0v) is 21.4. The summed E-state index contributed by atoms with van der Waals surface area (Å²) in [5.41, 5.74) is 0.140. The van der Waals surface area contributed by atoms with Gasteiger partial charge in [-0.25, -0.2) is 0 Å². The van der Waals surface area contributed by atoms with Crippen LogP contribution in [-0.4, -0.2) is 21.4 Å². The lowest BCUT2D eigenvalue weighted by molar-refractivity contribution is -0.146. The maximum atomic E-state index is 10.7. The maximum absolute atomic E-state index is 10.7. The Kier molecular flexibility index (Phi) is 6.68. The van der Waals surface area contributed by atoms with E-state index in [2.05, 4.69) is 34.6 Å². The van der Waals surface area contributed by atoms with Crippen molar-refractivity contribution >= 4 is 0 Å². The lowest BCUT2D eigenvalue weighted by Crippen LogP contribution is -2.55. The molecule has 4 saturated carbocycles. The van der Waals surface area contributed by atoms with Gasteiger partial charge in [0.15, 0.2) is 0 Å². The van der Waals surface area contributed by atoms with Gasteiger partial charge in [-0.3, -0.25) is 0 Å². The second-order valence-electron chi connectivity index (χ2n) is 13.7. The van der Waals surface area contributed by atoms with Crippen molar-refractivity contribution in [2.45, 2.75) is 142 Å². The topological polar surface area (TPSA) is 40.5 Å². The molecule has 0 amide bonds. The Morgan fingerprint density at radius 1 is 0.839 bits per heavy atom. The molecule has 4 aliphatic rings. The van der Waals surface area contributed by atoms with Gasteiger partial charge in [-0.15, -0.1) is 0 Å². The standard InChI is InChI=1S/C29H52O2/c1-6-7-15-26(2,30)16-8-9-21-11-13-24-23-12-10-22-20-27(3,31)18-19-29(22,5)25(23)14-17-28(21,24)4/h21-25,30-31H,6-20H2,1-5H3/t21?,22?,23?,24?,25?,26?,27-,28?,29?/m0/s1. The number of rotatable bonds is 7. The largest absolute Gasteiger partial charge is 0.390 e. The molecular formula is C29H52O2. The van der Waals surface area contributed by atoms with Crippen LogP contribution in [-0.2, 0) is 0 Å². The first-order chi connectivity index (χ1) is 14.5. The first-order valence-corrected chi connectivity index (χ1v) is 14.0. The molecule has 180 valence electrons. The summed E-state index contributed by atoms with van der Waals surface area (Å²) in [6.07, 6.45) is 18.6. The Labute approximate surface area is 193 Å². The van der Waals surface area contributed by atoms with Crippen LogP contribution in [0.4, 0.5) is 0 Å². The van der Waals surface area contributed by atoms with Gasteiger partial charge in [-0.1, -0.05) is 40.0 Å². The van der Waals surface area contributed by atoms with Gasteiger partial charge in [0.1, 0.15) is 0 Å². The van der Waals surface area contributed by atoms with Crippen molar-refractivity contribution in [1.82, 2.24) is 0 Å². The van der Waals surface area contributed by atoms with Crippen molar-refractivity contribution in [1.29, 1.82) is 0 Å². The van der Waals surface area contributed by atoms with Gasteiger partial charge in [0.2, 0.25) is 0 Å². The fraction of sp³-hybridized carbons (Fsp3) is 1.00. The van der Waals surface area contributed by atoms with Gasteiger partial charge in [0.25, 0.3) is 0 Å². The van der Waals surface area contributed by atoms with Crippen LogP contribution in [0.15, 0.2) is 0 Å². The Hall–Kier alpha value is -0.0800. The third-order valence-corrected chi connectivity index (χ3v) is 11.5. The maximum Gasteiger partial charge on any atom is 0.0622 e. The van der Waals surface area contributed by atoms with Crippen molar-refractivity contribution in [3.8, 4) is 0 Å². The highest BCUT2D eigenvalue weighted by atomic mass is 16.3. The SMILES string of the molecule is CCCCC(C)(O)CCCC1CCC2C3CCC4C[C@@](C)(O)CCC4(C)C3CCC12C. The second-order valence-corrected chi connectivity index (χ2v) is 13.7. The van der Waals surface area contributed by atoms with Crippen LogP contribution in [0.25, 0.3) is 0 Å². The van der Waals surface area contributed by atoms with E-state index in [1.165, 1.54) is 64.2 Å². The van der Waals surface area contributed by atoms with Crippen LogP contribution < -0.4 is 0 Å². The summed E-state index contributed by atoms with van der Waals surface area (Å²) in [5, 5.41) is 21.4. The van der Waals surface area contributed by atoms with E-state index >= 15 is 0 Å². The minimum absolute atomic E-state index is 0.420. The molecule has 8 unspecified atom stereocenters. The molecule has 0 aromatic heterocycles. The van der Waals surface area contributed by atoms with E-state index in [0.717, 1.165) is 61.7 Å². The molecular weight excluding hydrogens is 380 g/mol. The first kappa shape index (κ1) is 24.1. The highest BCUT2D eigenvalue weighted by Gasteiger charge is 2.60. The molecule has 4 rings (SSSR count). The molecule has 2 N–H and O–H groups in total. The average Bonchev–Trinajstić information content (AvgIpc) is 3.03. The van der Waals surface area contributed by atoms with E-state index < -0.39 is 11.2 Å². The van der Waals surface area contributed by atoms with Gasteiger partial charge in [-0.2, -0.15) is 0 Å². The van der Waals surface area contributed by atoms with Gasteiger partial charge in [-0.05, 0) is 131 Å². The fourth-order valence-corrected chi connectivity index (χ4v) is 9.43. The number of hydrogen-bond donors (Lipinski definition) is 2. The van der Waals surface area contributed by atoms with Crippen LogP contribution in [0.1, 0.15) is 131 Å². The summed E-state index contributed by atoms with van der Waals surface area (Å²) in [6, 6.07) is 0. The zero-order chi connectivity index (χ0) is 22.5. The third kappa shape index (κ3) is 4.51. The summed E-state index contributed by atoms with van der Waals surface area (Å²) in [6.45, 7) is 11.6. The Morgan fingerprint density at radius 2 is 1.55 bits per heavy atom. The number of hydrogen-bond acceptors (Lipinski definition) is 2. The molecule has 0 aromatic carbocycles. The molecule has 0 spiro atoms. The van der Waals surface area contributed by atoms with Crippen molar-refractivity contribution in [3.63, 3.8) is 0 Å². The Bertz CT molecular complexity index is 624. The average molecular weight is 433 g/mol. The normalized spacial score (nSPS) is 49.1. The van der Waals surface area contributed by atoms with E-state index in [0.29, 0.717) is 10.8 Å². The molecule has 2 nitrogen and oxygen atoms in total. The summed E-state index contributed by atoms with van der Waals surface area (Å²) >= 11 is 0. The van der Waals surface area contributed by atoms with Crippen molar-refractivity contribution in [2.24, 2.45) is 40.4 Å². The molecule has 31 heavy (non-hydrogen) atoms. The molecule has 0 bridgehead atoms. The van der Waals surface area contributed by atoms with Crippen LogP contribution >= 0.6 is 0 Å². The second kappa shape index (κ2) is 8.61. The first-order valence-electron chi connectivity index (χ1n) is 14.0. The van der Waals surface area contributed by atoms with Gasteiger partial charge in [0.05, 0.1) is 11.2 Å². The molecule has 4 aliphatic carbocycles. The Balaban J connectivity index is 1.39. The Morgan fingerprint density at radius 3 is 2.29 bits per heavy atom. The fourth-order valence-electron chi connectivity index (χ4n) is 9.43. The zero-order valence-electron chi connectivity index (χ0n) is 21.4. The van der Waals surface area contributed by atoms with Crippen LogP contribution in [0.2, 0.25) is 0 Å². The smallest absolute Gasteiger partial charge is 0.0622 e. The summed E-state index contributed by atoms with van der Waals surface area (Å²) in [5.74, 6) is 4.37. The van der Waals surface area contributed by atoms with Crippen LogP contribution in [0, 0.1) is 40.4 Å². The summed E-state index contributed by atoms with van der Waals surface area (Å²) < 4.78 is 0. The van der Waals surface area contributed by atoms with E-state index in [9.17, 15) is 10.2 Å². The van der Waals surface area contributed by atoms with Crippen molar-refractivity contribution in [3.05, 3.63) is 0 Å². The molecule has 0 aliphatic heterocycles. The van der Waals surface area contributed by atoms with E-state index in [4.69, 9.17) is 0 Å². The number of aliphatic hydroxyl groups is 2. The molecule has 9 atom stereocenters. The van der Waals surface area contributed by atoms with Crippen molar-refractivity contribution < 1.29 is 10.2 Å². The molecule has 0 radical (unpaired) electrons. The van der Waals surface area contributed by atoms with Crippen LogP contribution in [0.5, 0.6) is 0 Å². The van der Waals surface area contributed by atoms with E-state index in [-0.39, 0.29) is 0 Å². The van der Waals surface area contributed by atoms with Gasteiger partial charge in [0, 0.05) is 0 Å². The number of fused-ring (bicyclic) bond motifs is 5. The molecule has 4 fully saturated rings. The highest BCUT2D eigenvalue weighted by molar-refractivity contribution is 5.10. The lowest BCUT2D eigenvalue weighted by Gasteiger charge is -2.62. The highest BCUT2D eigenvalue weighted by Crippen LogP contribution is 2.68. The van der Waals surface area contributed by atoms with Crippen molar-refractivity contribution in [2.75, 3.05) is 0 Å². The summed E-state index contributed by atoms with van der Waals surface area (Å²) in [7, 11) is 0. The molecule has 0 aromatic rings. The monoisotopic (exact) mass is 432 g/mol. The molecule has 0 heterocycles. The summed E-state index contributed by atoms with van der Waals surface area (Å²) in [4.78, 5) is 0. The lowest BCUT2D eigenvalue weighted by atomic mass is 9.44. The van der Waals surface area contributed by atoms with Gasteiger partial charge < -0.3 is 10.2 Å². The third-order valence-electron chi connectivity index (χ3n) is 11.5. The van der Waals surface area contributed by atoms with Crippen LogP contribution in [0.3, 0.4) is 0 Å². The predicted molar refractivity (Wildman–Crippen MR) is 130 cm³/mol. The van der Waals surface area contributed by atoms with Gasteiger partial charge >= 0.3 is 0 Å². The quantitative estimate of drug-likeness (QED) is 0.437. The van der Waals surface area contributed by atoms with E-state index in [1.807, 2.05) is 0 Å². The van der Waals surface area contributed by atoms with E-state index in [1.54, 1.807) is 0 Å². The minimum Gasteiger partial charge on any atom is -0.390 e. The predicted octanol–water partition coefficient (Wildman–Crippen LogP) is 7.51. The number of unbranched alkanes of at least 4 members (excludes halogenated alkanes) is 1. The molecule has 0 saturated heterocycles. The molecule has 2 heteroatoms. The minimum atomic E-state index is -0.457.